The van der Waals surface area contributed by atoms with Crippen LogP contribution in [0, 0.1) is 12.3 Å². The number of aryl methyl sites for hydroxylation is 1. The highest BCUT2D eigenvalue weighted by molar-refractivity contribution is 5.84. The van der Waals surface area contributed by atoms with Crippen molar-refractivity contribution in [1.82, 2.24) is 10.3 Å². The summed E-state index contributed by atoms with van der Waals surface area (Å²) < 4.78 is 0. The van der Waals surface area contributed by atoms with Gasteiger partial charge >= 0.3 is 5.97 Å². The molecule has 0 fully saturated rings. The zero-order valence-electron chi connectivity index (χ0n) is 12.3. The average molecular weight is 278 g/mol. The number of nitrogens with zero attached hydrogens (tertiary/aromatic N) is 1. The molecule has 110 valence electrons. The summed E-state index contributed by atoms with van der Waals surface area (Å²) in [6.45, 7) is 5.93. The molecule has 5 heteroatoms. The maximum absolute atomic E-state index is 12.0. The lowest BCUT2D eigenvalue weighted by Crippen LogP contribution is -2.36. The van der Waals surface area contributed by atoms with Crippen LogP contribution in [0.3, 0.4) is 0 Å². The van der Waals surface area contributed by atoms with Crippen molar-refractivity contribution in [2.45, 2.75) is 46.6 Å². The number of hydrogen-bond donors (Lipinski definition) is 2. The zero-order valence-corrected chi connectivity index (χ0v) is 12.3. The molecule has 0 aromatic carbocycles. The molecule has 1 rings (SSSR count). The maximum Gasteiger partial charge on any atom is 0.310 e. The summed E-state index contributed by atoms with van der Waals surface area (Å²) in [5.74, 6) is -1.14. The molecule has 0 aliphatic carbocycles. The van der Waals surface area contributed by atoms with Crippen molar-refractivity contribution < 1.29 is 14.7 Å². The molecule has 0 aliphatic rings. The second kappa shape index (κ2) is 7.03. The van der Waals surface area contributed by atoms with Gasteiger partial charge in [0.1, 0.15) is 0 Å². The van der Waals surface area contributed by atoms with Gasteiger partial charge in [0.05, 0.1) is 5.41 Å². The Hall–Kier alpha value is -1.91. The molecule has 1 aromatic rings. The highest BCUT2D eigenvalue weighted by Crippen LogP contribution is 2.30. The fourth-order valence-corrected chi connectivity index (χ4v) is 2.12. The minimum atomic E-state index is -0.964. The van der Waals surface area contributed by atoms with Crippen LogP contribution in [0.25, 0.3) is 0 Å². The monoisotopic (exact) mass is 278 g/mol. The van der Waals surface area contributed by atoms with Crippen LogP contribution in [0.15, 0.2) is 18.5 Å². The topological polar surface area (TPSA) is 79.3 Å². The largest absolute Gasteiger partial charge is 0.481 e. The molecule has 2 N–H and O–H groups in total. The van der Waals surface area contributed by atoms with Crippen molar-refractivity contribution in [3.05, 3.63) is 29.6 Å². The Labute approximate surface area is 119 Å². The predicted octanol–water partition coefficient (Wildman–Crippen LogP) is 2.29. The average Bonchev–Trinajstić information content (AvgIpc) is 2.43. The van der Waals surface area contributed by atoms with E-state index in [1.165, 1.54) is 0 Å². The molecule has 20 heavy (non-hydrogen) atoms. The number of aliphatic carboxylic acids is 1. The summed E-state index contributed by atoms with van der Waals surface area (Å²) in [4.78, 5) is 27.3. The van der Waals surface area contributed by atoms with Crippen molar-refractivity contribution in [2.24, 2.45) is 5.41 Å². The molecule has 0 spiro atoms. The smallest absolute Gasteiger partial charge is 0.310 e. The number of hydrogen-bond acceptors (Lipinski definition) is 3. The zero-order chi connectivity index (χ0) is 15.2. The van der Waals surface area contributed by atoms with Crippen LogP contribution >= 0.6 is 0 Å². The molecule has 0 atom stereocenters. The number of carbonyl (C=O) groups is 2. The van der Waals surface area contributed by atoms with Crippen LogP contribution in [0.4, 0.5) is 0 Å². The minimum Gasteiger partial charge on any atom is -0.481 e. The fourth-order valence-electron chi connectivity index (χ4n) is 2.12. The fraction of sp³-hybridized carbons (Fsp3) is 0.533. The van der Waals surface area contributed by atoms with Gasteiger partial charge in [0.25, 0.3) is 0 Å². The molecule has 5 nitrogen and oxygen atoms in total. The molecule has 0 aliphatic heterocycles. The number of nitrogens with one attached hydrogen (secondary N) is 1. The third-order valence-corrected chi connectivity index (χ3v) is 3.93. The van der Waals surface area contributed by atoms with E-state index in [0.717, 1.165) is 11.1 Å². The normalized spacial score (nSPS) is 11.2. The molecule has 1 amide bonds. The molecule has 1 aromatic heterocycles. The number of rotatable bonds is 7. The van der Waals surface area contributed by atoms with Crippen molar-refractivity contribution in [1.29, 1.82) is 0 Å². The molecule has 1 heterocycles. The van der Waals surface area contributed by atoms with E-state index in [0.29, 0.717) is 19.4 Å². The van der Waals surface area contributed by atoms with Crippen molar-refractivity contribution in [2.75, 3.05) is 0 Å². The van der Waals surface area contributed by atoms with Crippen LogP contribution < -0.4 is 5.32 Å². The first-order valence-electron chi connectivity index (χ1n) is 6.84. The van der Waals surface area contributed by atoms with E-state index in [1.807, 2.05) is 13.0 Å². The van der Waals surface area contributed by atoms with Gasteiger partial charge in [0.2, 0.25) is 5.91 Å². The van der Waals surface area contributed by atoms with Gasteiger partial charge < -0.3 is 10.4 Å². The first-order chi connectivity index (χ1) is 9.45. The summed E-state index contributed by atoms with van der Waals surface area (Å²) in [6.07, 6.45) is 4.30. The lowest BCUT2D eigenvalue weighted by Gasteiger charge is -2.25. The molecule has 0 saturated carbocycles. The van der Waals surface area contributed by atoms with Crippen LogP contribution in [0.2, 0.25) is 0 Å². The molecule has 0 saturated heterocycles. The molecule has 0 unspecified atom stereocenters. The number of carbonyl (C=O) groups excluding carboxylic acids is 1. The van der Waals surface area contributed by atoms with Crippen LogP contribution in [-0.4, -0.2) is 22.0 Å². The number of carboxylic acid groups (broad SMARTS) is 1. The summed E-state index contributed by atoms with van der Waals surface area (Å²) in [5.41, 5.74) is 1.03. The van der Waals surface area contributed by atoms with Gasteiger partial charge in [-0.15, -0.1) is 0 Å². The number of amides is 1. The Bertz CT molecular complexity index is 482. The highest BCUT2D eigenvalue weighted by atomic mass is 16.4. The van der Waals surface area contributed by atoms with E-state index in [2.05, 4.69) is 10.3 Å². The second-order valence-corrected chi connectivity index (χ2v) is 5.05. The third-order valence-electron chi connectivity index (χ3n) is 3.93. The third kappa shape index (κ3) is 3.79. The first-order valence-corrected chi connectivity index (χ1v) is 6.84. The quantitative estimate of drug-likeness (QED) is 0.802. The van der Waals surface area contributed by atoms with Gasteiger partial charge in [-0.2, -0.15) is 0 Å². The Balaban J connectivity index is 2.64. The summed E-state index contributed by atoms with van der Waals surface area (Å²) >= 11 is 0. The van der Waals surface area contributed by atoms with E-state index >= 15 is 0 Å². The van der Waals surface area contributed by atoms with Gasteiger partial charge in [0.15, 0.2) is 0 Å². The van der Waals surface area contributed by atoms with Crippen molar-refractivity contribution in [3.63, 3.8) is 0 Å². The van der Waals surface area contributed by atoms with Crippen molar-refractivity contribution in [3.8, 4) is 0 Å². The first kappa shape index (κ1) is 16.1. The van der Waals surface area contributed by atoms with E-state index < -0.39 is 11.4 Å². The van der Waals surface area contributed by atoms with Crippen LogP contribution in [-0.2, 0) is 16.1 Å². The highest BCUT2D eigenvalue weighted by Gasteiger charge is 2.36. The van der Waals surface area contributed by atoms with Gasteiger partial charge in [-0.1, -0.05) is 13.8 Å². The molecular formula is C15H22N2O3. The van der Waals surface area contributed by atoms with Gasteiger partial charge in [0, 0.05) is 25.4 Å². The van der Waals surface area contributed by atoms with Crippen molar-refractivity contribution >= 4 is 11.9 Å². The predicted molar refractivity (Wildman–Crippen MR) is 76.1 cm³/mol. The van der Waals surface area contributed by atoms with Crippen LogP contribution in [0.5, 0.6) is 0 Å². The van der Waals surface area contributed by atoms with E-state index in [4.69, 9.17) is 0 Å². The molecule has 0 radical (unpaired) electrons. The lowest BCUT2D eigenvalue weighted by molar-refractivity contribution is -0.152. The Morgan fingerprint density at radius 3 is 2.50 bits per heavy atom. The Morgan fingerprint density at radius 1 is 1.35 bits per heavy atom. The molecular weight excluding hydrogens is 256 g/mol. The molecule has 0 bridgehead atoms. The lowest BCUT2D eigenvalue weighted by atomic mass is 9.79. The maximum atomic E-state index is 12.0. The Morgan fingerprint density at radius 2 is 2.00 bits per heavy atom. The number of carboxylic acids is 1. The van der Waals surface area contributed by atoms with E-state index in [1.54, 1.807) is 26.2 Å². The van der Waals surface area contributed by atoms with Gasteiger partial charge in [-0.05, 0) is 37.0 Å². The van der Waals surface area contributed by atoms with Gasteiger partial charge in [-0.3, -0.25) is 14.6 Å². The summed E-state index contributed by atoms with van der Waals surface area (Å²) in [7, 11) is 0. The summed E-state index contributed by atoms with van der Waals surface area (Å²) in [6, 6.07) is 1.88. The Kier molecular flexibility index (Phi) is 5.67. The number of aromatic nitrogens is 1. The van der Waals surface area contributed by atoms with Gasteiger partial charge in [-0.25, -0.2) is 0 Å². The SMILES string of the molecule is CCC(CC)(CC(=O)NCc1cnccc1C)C(=O)O. The van der Waals surface area contributed by atoms with E-state index in [-0.39, 0.29) is 12.3 Å². The van der Waals surface area contributed by atoms with E-state index in [9.17, 15) is 14.7 Å². The van der Waals surface area contributed by atoms with Crippen LogP contribution in [0.1, 0.15) is 44.2 Å². The number of pyridine rings is 1. The summed E-state index contributed by atoms with van der Waals surface area (Å²) in [5, 5.41) is 12.1. The second-order valence-electron chi connectivity index (χ2n) is 5.05. The standard InChI is InChI=1S/C15H22N2O3/c1-4-15(5-2,14(19)20)8-13(18)17-10-12-9-16-7-6-11(12)3/h6-7,9H,4-5,8,10H2,1-3H3,(H,17,18)(H,19,20). The minimum absolute atomic E-state index is 0.00857.